The van der Waals surface area contributed by atoms with E-state index in [1.54, 1.807) is 12.3 Å². The van der Waals surface area contributed by atoms with Crippen LogP contribution in [0.4, 0.5) is 0 Å². The molecule has 0 amide bonds. The minimum absolute atomic E-state index is 0.574. The second-order valence-corrected chi connectivity index (χ2v) is 2.93. The van der Waals surface area contributed by atoms with Crippen molar-refractivity contribution in [1.82, 2.24) is 4.98 Å². The largest absolute Gasteiger partial charge is 0.343 e. The zero-order valence-electron chi connectivity index (χ0n) is 4.94. The Kier molecular flexibility index (Phi) is 2.34. The summed E-state index contributed by atoms with van der Waals surface area (Å²) in [6.45, 7) is 0. The number of aromatic nitrogens is 1. The van der Waals surface area contributed by atoms with E-state index in [1.807, 2.05) is 0 Å². The van der Waals surface area contributed by atoms with E-state index in [4.69, 9.17) is 17.4 Å². The molecule has 3 N–H and O–H groups in total. The number of hydrogen-bond acceptors (Lipinski definition) is 2. The molecule has 1 heterocycles. The Balaban J connectivity index is 3.34. The number of pyridine rings is 1. The fraction of sp³-hybridized carbons (Fsp3) is 0. The minimum atomic E-state index is 0.574. The molecule has 0 bridgehead atoms. The molecule has 54 valence electrons. The highest BCUT2D eigenvalue weighted by Gasteiger charge is 1.91. The summed E-state index contributed by atoms with van der Waals surface area (Å²) in [6, 6.07) is 1.71. The van der Waals surface area contributed by atoms with Gasteiger partial charge in [-0.15, -0.1) is 0 Å². The summed E-state index contributed by atoms with van der Waals surface area (Å²) in [5.41, 5.74) is 0.574. The van der Waals surface area contributed by atoms with Crippen molar-refractivity contribution in [2.24, 2.45) is 10.9 Å². The average molecular weight is 222 g/mol. The van der Waals surface area contributed by atoms with Crippen molar-refractivity contribution in [3.63, 3.8) is 0 Å². The molecule has 1 rings (SSSR count). The molecule has 0 saturated carbocycles. The van der Waals surface area contributed by atoms with Crippen LogP contribution >= 0.6 is 27.5 Å². The maximum Gasteiger partial charge on any atom is 0.163 e. The smallest absolute Gasteiger partial charge is 0.163 e. The van der Waals surface area contributed by atoms with Gasteiger partial charge in [0.05, 0.1) is 9.50 Å². The van der Waals surface area contributed by atoms with Gasteiger partial charge in [-0.25, -0.2) is 0 Å². The van der Waals surface area contributed by atoms with Crippen molar-refractivity contribution in [2.75, 3.05) is 0 Å². The van der Waals surface area contributed by atoms with E-state index in [2.05, 4.69) is 26.0 Å². The van der Waals surface area contributed by atoms with Crippen molar-refractivity contribution >= 4 is 27.5 Å². The third-order valence-corrected chi connectivity index (χ3v) is 1.79. The van der Waals surface area contributed by atoms with Crippen molar-refractivity contribution in [3.05, 3.63) is 27.2 Å². The van der Waals surface area contributed by atoms with E-state index >= 15 is 0 Å². The lowest BCUT2D eigenvalue weighted by molar-refractivity contribution is 1.03. The molecule has 1 aromatic heterocycles. The summed E-state index contributed by atoms with van der Waals surface area (Å²) in [5.74, 6) is 5.02. The van der Waals surface area contributed by atoms with Crippen molar-refractivity contribution in [2.45, 2.75) is 0 Å². The molecule has 0 aliphatic heterocycles. The normalized spacial score (nSPS) is 12.0. The monoisotopic (exact) mass is 221 g/mol. The van der Waals surface area contributed by atoms with E-state index in [9.17, 15) is 0 Å². The molecule has 0 aliphatic rings. The highest BCUT2D eigenvalue weighted by Crippen LogP contribution is 2.09. The molecule has 0 aliphatic carbocycles. The number of H-pyrrole nitrogens is 1. The maximum atomic E-state index is 5.63. The summed E-state index contributed by atoms with van der Waals surface area (Å²) in [7, 11) is 0. The maximum absolute atomic E-state index is 5.63. The summed E-state index contributed by atoms with van der Waals surface area (Å²) < 4.78 is 0.752. The summed E-state index contributed by atoms with van der Waals surface area (Å²) >= 11 is 8.85. The van der Waals surface area contributed by atoms with Gasteiger partial charge in [0.25, 0.3) is 0 Å². The van der Waals surface area contributed by atoms with Crippen molar-refractivity contribution in [3.8, 4) is 0 Å². The first-order valence-electron chi connectivity index (χ1n) is 2.51. The molecule has 0 spiro atoms. The summed E-state index contributed by atoms with van der Waals surface area (Å²) in [5, 5.41) is 4.06. The molecule has 0 radical (unpaired) electrons. The van der Waals surface area contributed by atoms with Crippen LogP contribution < -0.4 is 11.3 Å². The van der Waals surface area contributed by atoms with Gasteiger partial charge in [-0.1, -0.05) is 11.6 Å². The fourth-order valence-electron chi connectivity index (χ4n) is 0.536. The van der Waals surface area contributed by atoms with E-state index in [0.717, 1.165) is 4.47 Å². The predicted octanol–water partition coefficient (Wildman–Crippen LogP) is 1.20. The van der Waals surface area contributed by atoms with Crippen molar-refractivity contribution < 1.29 is 0 Å². The second-order valence-electron chi connectivity index (χ2n) is 1.64. The summed E-state index contributed by atoms with van der Waals surface area (Å²) in [4.78, 5) is 2.78. The Morgan fingerprint density at radius 1 is 1.70 bits per heavy atom. The van der Waals surface area contributed by atoms with Crippen LogP contribution in [0.5, 0.6) is 0 Å². The molecule has 0 atom stereocenters. The van der Waals surface area contributed by atoms with Gasteiger partial charge in [0.15, 0.2) is 5.49 Å². The third kappa shape index (κ3) is 1.52. The third-order valence-electron chi connectivity index (χ3n) is 0.967. The minimum Gasteiger partial charge on any atom is -0.343 e. The number of hydrogen-bond donors (Lipinski definition) is 2. The van der Waals surface area contributed by atoms with Gasteiger partial charge in [0.2, 0.25) is 0 Å². The first kappa shape index (κ1) is 7.63. The van der Waals surface area contributed by atoms with Gasteiger partial charge in [0.1, 0.15) is 0 Å². The molecule has 3 nitrogen and oxygen atoms in total. The topological polar surface area (TPSA) is 54.2 Å². The quantitative estimate of drug-likeness (QED) is 0.503. The van der Waals surface area contributed by atoms with Crippen LogP contribution in [0, 0.1) is 0 Å². The number of nitrogens with zero attached hydrogens (tertiary/aromatic N) is 1. The highest BCUT2D eigenvalue weighted by molar-refractivity contribution is 9.10. The molecule has 5 heteroatoms. The van der Waals surface area contributed by atoms with E-state index < -0.39 is 0 Å². The molecule has 1 aromatic rings. The molecular weight excluding hydrogens is 217 g/mol. The first-order chi connectivity index (χ1) is 4.74. The SMILES string of the molecule is N/N=c1/[nH]cc(Cl)cc1Br. The van der Waals surface area contributed by atoms with Crippen LogP contribution in [0.1, 0.15) is 0 Å². The molecule has 0 saturated heterocycles. The van der Waals surface area contributed by atoms with Crippen LogP contribution in [-0.4, -0.2) is 4.98 Å². The van der Waals surface area contributed by atoms with E-state index in [0.29, 0.717) is 10.5 Å². The van der Waals surface area contributed by atoms with Crippen LogP contribution in [0.2, 0.25) is 5.02 Å². The molecule has 0 unspecified atom stereocenters. The Morgan fingerprint density at radius 2 is 2.40 bits per heavy atom. The van der Waals surface area contributed by atoms with Gasteiger partial charge in [0, 0.05) is 6.20 Å². The molecule has 10 heavy (non-hydrogen) atoms. The summed E-state index contributed by atoms with van der Waals surface area (Å²) in [6.07, 6.45) is 1.61. The van der Waals surface area contributed by atoms with Gasteiger partial charge in [-0.2, -0.15) is 5.10 Å². The molecule has 0 fully saturated rings. The second kappa shape index (κ2) is 3.07. The Labute approximate surface area is 71.0 Å². The predicted molar refractivity (Wildman–Crippen MR) is 43.3 cm³/mol. The zero-order valence-corrected chi connectivity index (χ0v) is 7.28. The van der Waals surface area contributed by atoms with Crippen molar-refractivity contribution in [1.29, 1.82) is 0 Å². The number of rotatable bonds is 0. The number of aromatic amines is 1. The average Bonchev–Trinajstić information content (AvgIpc) is 1.88. The zero-order chi connectivity index (χ0) is 7.56. The molecular formula is C5H5BrClN3. The Bertz CT molecular complexity index is 293. The standard InChI is InChI=1S/C5H5BrClN3/c6-4-1-3(7)2-9-5(4)10-8/h1-2H,8H2,(H,9,10). The Morgan fingerprint density at radius 3 is 2.90 bits per heavy atom. The van der Waals surface area contributed by atoms with Gasteiger partial charge in [-0.05, 0) is 22.0 Å². The van der Waals surface area contributed by atoms with Crippen LogP contribution in [-0.2, 0) is 0 Å². The number of halogens is 2. The lowest BCUT2D eigenvalue weighted by Gasteiger charge is -1.91. The van der Waals surface area contributed by atoms with Gasteiger partial charge >= 0.3 is 0 Å². The van der Waals surface area contributed by atoms with Crippen LogP contribution in [0.3, 0.4) is 0 Å². The number of nitrogens with two attached hydrogens (primary N) is 1. The lowest BCUT2D eigenvalue weighted by Crippen LogP contribution is -2.10. The van der Waals surface area contributed by atoms with E-state index in [-0.39, 0.29) is 0 Å². The lowest BCUT2D eigenvalue weighted by atomic mass is 10.5. The van der Waals surface area contributed by atoms with Crippen LogP contribution in [0.15, 0.2) is 21.8 Å². The highest BCUT2D eigenvalue weighted by atomic mass is 79.9. The fourth-order valence-corrected chi connectivity index (χ4v) is 1.30. The van der Waals surface area contributed by atoms with Gasteiger partial charge in [-0.3, -0.25) is 0 Å². The van der Waals surface area contributed by atoms with E-state index in [1.165, 1.54) is 0 Å². The first-order valence-corrected chi connectivity index (χ1v) is 3.69. The number of nitrogens with one attached hydrogen (secondary N) is 1. The van der Waals surface area contributed by atoms with Gasteiger partial charge < -0.3 is 10.8 Å². The molecule has 0 aromatic carbocycles. The van der Waals surface area contributed by atoms with Crippen LogP contribution in [0.25, 0.3) is 0 Å². The Hall–Kier alpha value is -0.480.